The van der Waals surface area contributed by atoms with Crippen LogP contribution in [-0.2, 0) is 16.0 Å². The van der Waals surface area contributed by atoms with Crippen molar-refractivity contribution in [2.45, 2.75) is 42.5 Å². The molecule has 3 heterocycles. The minimum atomic E-state index is -0.837. The van der Waals surface area contributed by atoms with Gasteiger partial charge in [0, 0.05) is 42.9 Å². The molecule has 1 saturated heterocycles. The predicted molar refractivity (Wildman–Crippen MR) is 132 cm³/mol. The Balaban J connectivity index is 1.59. The number of rotatable bonds is 5. The fraction of sp³-hybridized carbons (Fsp3) is 0.462. The van der Waals surface area contributed by atoms with E-state index in [0.29, 0.717) is 32.0 Å². The molecule has 180 valence electrons. The van der Waals surface area contributed by atoms with Gasteiger partial charge >= 0.3 is 12.1 Å². The molecule has 0 unspecified atom stereocenters. The number of anilines is 1. The summed E-state index contributed by atoms with van der Waals surface area (Å²) >= 11 is 1.89. The molecule has 8 heteroatoms. The normalized spacial score (nSPS) is 20.9. The average Bonchev–Trinajstić information content (AvgIpc) is 3.01. The minimum absolute atomic E-state index is 0.175. The molecule has 1 N–H and O–H groups in total. The molecular formula is C26H30N2O5S. The van der Waals surface area contributed by atoms with Crippen molar-refractivity contribution in [1.82, 2.24) is 4.90 Å². The SMILES string of the molecule is COC(=O)CCc1cc(OC)ccc1-c1cc2c3c(c1)[C@@H]1CN(C(=O)O)CC[C@@H]1N3CCCS2. The van der Waals surface area contributed by atoms with Gasteiger partial charge in [0.05, 0.1) is 19.9 Å². The highest BCUT2D eigenvalue weighted by molar-refractivity contribution is 7.99. The fourth-order valence-electron chi connectivity index (χ4n) is 5.66. The third-order valence-electron chi connectivity index (χ3n) is 7.29. The topological polar surface area (TPSA) is 79.3 Å². The van der Waals surface area contributed by atoms with Gasteiger partial charge in [0.25, 0.3) is 0 Å². The van der Waals surface area contributed by atoms with Crippen molar-refractivity contribution in [1.29, 1.82) is 0 Å². The summed E-state index contributed by atoms with van der Waals surface area (Å²) in [4.78, 5) is 29.0. The monoisotopic (exact) mass is 482 g/mol. The summed E-state index contributed by atoms with van der Waals surface area (Å²) in [6, 6.07) is 10.9. The summed E-state index contributed by atoms with van der Waals surface area (Å²) in [6.07, 6.45) is 2.00. The van der Waals surface area contributed by atoms with Gasteiger partial charge in [-0.1, -0.05) is 6.07 Å². The molecule has 5 rings (SSSR count). The third kappa shape index (κ3) is 4.08. The summed E-state index contributed by atoms with van der Waals surface area (Å²) in [7, 11) is 3.05. The van der Waals surface area contributed by atoms with Crippen LogP contribution in [-0.4, -0.2) is 67.7 Å². The lowest BCUT2D eigenvalue weighted by atomic mass is 9.87. The van der Waals surface area contributed by atoms with Crippen molar-refractivity contribution in [3.05, 3.63) is 41.5 Å². The zero-order valence-corrected chi connectivity index (χ0v) is 20.4. The Morgan fingerprint density at radius 3 is 2.79 bits per heavy atom. The summed E-state index contributed by atoms with van der Waals surface area (Å²) in [6.45, 7) is 2.15. The van der Waals surface area contributed by atoms with E-state index in [-0.39, 0.29) is 11.9 Å². The molecule has 34 heavy (non-hydrogen) atoms. The van der Waals surface area contributed by atoms with Crippen molar-refractivity contribution in [2.75, 3.05) is 44.5 Å². The van der Waals surface area contributed by atoms with E-state index in [1.807, 2.05) is 23.9 Å². The Morgan fingerprint density at radius 1 is 1.18 bits per heavy atom. The van der Waals surface area contributed by atoms with E-state index in [0.717, 1.165) is 47.6 Å². The van der Waals surface area contributed by atoms with Crippen molar-refractivity contribution in [3.63, 3.8) is 0 Å². The number of hydrogen-bond donors (Lipinski definition) is 1. The van der Waals surface area contributed by atoms with Crippen LogP contribution in [0.3, 0.4) is 0 Å². The number of piperidine rings is 1. The molecule has 1 fully saturated rings. The predicted octanol–water partition coefficient (Wildman–Crippen LogP) is 4.62. The number of fused-ring (bicyclic) bond motifs is 3. The fourth-order valence-corrected chi connectivity index (χ4v) is 6.74. The largest absolute Gasteiger partial charge is 0.497 e. The Kier molecular flexibility index (Phi) is 6.34. The van der Waals surface area contributed by atoms with Crippen LogP contribution in [0, 0.1) is 0 Å². The van der Waals surface area contributed by atoms with E-state index in [4.69, 9.17) is 9.47 Å². The number of likely N-dealkylation sites (tertiary alicyclic amines) is 1. The molecule has 0 saturated carbocycles. The molecule has 3 aliphatic rings. The van der Waals surface area contributed by atoms with Crippen LogP contribution in [0.4, 0.5) is 10.5 Å². The lowest BCUT2D eigenvalue weighted by Gasteiger charge is -2.37. The van der Waals surface area contributed by atoms with E-state index in [1.54, 1.807) is 12.0 Å². The number of ether oxygens (including phenoxy) is 2. The van der Waals surface area contributed by atoms with E-state index < -0.39 is 6.09 Å². The first-order chi connectivity index (χ1) is 16.5. The smallest absolute Gasteiger partial charge is 0.407 e. The number of hydrogen-bond acceptors (Lipinski definition) is 6. The van der Waals surface area contributed by atoms with E-state index in [1.165, 1.54) is 23.3 Å². The molecule has 0 spiro atoms. The summed E-state index contributed by atoms with van der Waals surface area (Å²) in [5, 5.41) is 9.64. The van der Waals surface area contributed by atoms with Crippen molar-refractivity contribution < 1.29 is 24.2 Å². The first kappa shape index (κ1) is 22.9. The standard InChI is InChI=1S/C26H30N2O5S/c1-32-18-5-6-19(16(12-18)4-7-24(29)33-2)17-13-20-21-15-27(26(30)31)10-8-22(21)28-9-3-11-34-23(14-17)25(20)28/h5-6,12-14,21-22H,3-4,7-11,15H2,1-2H3,(H,30,31)/t21-,22-/m0/s1. The van der Waals surface area contributed by atoms with Crippen LogP contribution in [0.2, 0.25) is 0 Å². The molecule has 2 atom stereocenters. The van der Waals surface area contributed by atoms with Gasteiger partial charge in [-0.2, -0.15) is 0 Å². The second kappa shape index (κ2) is 9.41. The van der Waals surface area contributed by atoms with Crippen LogP contribution in [0.25, 0.3) is 11.1 Å². The van der Waals surface area contributed by atoms with Crippen LogP contribution < -0.4 is 9.64 Å². The second-order valence-corrected chi connectivity index (χ2v) is 10.2. The summed E-state index contributed by atoms with van der Waals surface area (Å²) in [5.74, 6) is 1.77. The molecule has 1 amide bonds. The molecule has 7 nitrogen and oxygen atoms in total. The lowest BCUT2D eigenvalue weighted by Crippen LogP contribution is -2.48. The zero-order chi connectivity index (χ0) is 23.8. The Labute approximate surface area is 204 Å². The maximum Gasteiger partial charge on any atom is 0.407 e. The number of carboxylic acid groups (broad SMARTS) is 1. The van der Waals surface area contributed by atoms with Gasteiger partial charge < -0.3 is 24.4 Å². The summed E-state index contributed by atoms with van der Waals surface area (Å²) in [5.41, 5.74) is 5.79. The average molecular weight is 483 g/mol. The number of aryl methyl sites for hydroxylation is 1. The summed E-state index contributed by atoms with van der Waals surface area (Å²) < 4.78 is 10.3. The molecule has 3 aliphatic heterocycles. The van der Waals surface area contributed by atoms with Gasteiger partial charge in [0.1, 0.15) is 5.75 Å². The molecule has 0 aromatic heterocycles. The zero-order valence-electron chi connectivity index (χ0n) is 19.6. The number of carbonyl (C=O) groups excluding carboxylic acids is 1. The van der Waals surface area contributed by atoms with Crippen LogP contribution in [0.5, 0.6) is 5.75 Å². The van der Waals surface area contributed by atoms with Crippen LogP contribution >= 0.6 is 11.8 Å². The first-order valence-electron chi connectivity index (χ1n) is 11.8. The Bertz CT molecular complexity index is 1120. The number of nitrogens with zero attached hydrogens (tertiary/aromatic N) is 2. The molecule has 0 bridgehead atoms. The highest BCUT2D eigenvalue weighted by atomic mass is 32.2. The third-order valence-corrected chi connectivity index (χ3v) is 8.40. The maximum absolute atomic E-state index is 11.9. The van der Waals surface area contributed by atoms with Gasteiger partial charge in [-0.3, -0.25) is 4.79 Å². The second-order valence-electron chi connectivity index (χ2n) is 9.10. The Morgan fingerprint density at radius 2 is 2.03 bits per heavy atom. The van der Waals surface area contributed by atoms with Crippen molar-refractivity contribution in [3.8, 4) is 16.9 Å². The highest BCUT2D eigenvalue weighted by Crippen LogP contribution is 2.52. The number of amides is 1. The number of benzene rings is 2. The van der Waals surface area contributed by atoms with Gasteiger partial charge in [0.2, 0.25) is 0 Å². The minimum Gasteiger partial charge on any atom is -0.497 e. The quantitative estimate of drug-likeness (QED) is 0.623. The molecule has 2 aromatic rings. The molecule has 0 aliphatic carbocycles. The van der Waals surface area contributed by atoms with Gasteiger partial charge in [-0.05, 0) is 71.5 Å². The number of esters is 1. The van der Waals surface area contributed by atoms with Gasteiger partial charge in [0.15, 0.2) is 0 Å². The van der Waals surface area contributed by atoms with Crippen LogP contribution in [0.15, 0.2) is 35.2 Å². The van der Waals surface area contributed by atoms with Gasteiger partial charge in [-0.25, -0.2) is 4.79 Å². The molecular weight excluding hydrogens is 452 g/mol. The van der Waals surface area contributed by atoms with Crippen LogP contribution in [0.1, 0.15) is 36.3 Å². The lowest BCUT2D eigenvalue weighted by molar-refractivity contribution is -0.140. The molecule has 2 aromatic carbocycles. The van der Waals surface area contributed by atoms with E-state index >= 15 is 0 Å². The highest BCUT2D eigenvalue weighted by Gasteiger charge is 2.44. The Hall–Kier alpha value is -2.87. The van der Waals surface area contributed by atoms with Crippen molar-refractivity contribution in [2.24, 2.45) is 0 Å². The number of methoxy groups -OCH3 is 2. The number of carbonyl (C=O) groups is 2. The van der Waals surface area contributed by atoms with Crippen molar-refractivity contribution >= 4 is 29.5 Å². The molecule has 0 radical (unpaired) electrons. The van der Waals surface area contributed by atoms with E-state index in [9.17, 15) is 14.7 Å². The first-order valence-corrected chi connectivity index (χ1v) is 12.8. The van der Waals surface area contributed by atoms with Gasteiger partial charge in [-0.15, -0.1) is 11.8 Å². The maximum atomic E-state index is 11.9. The van der Waals surface area contributed by atoms with E-state index in [2.05, 4.69) is 23.1 Å². The number of thioether (sulfide) groups is 1.